The lowest BCUT2D eigenvalue weighted by Gasteiger charge is -2.43. The predicted molar refractivity (Wildman–Crippen MR) is 63.6 cm³/mol. The van der Waals surface area contributed by atoms with Crippen molar-refractivity contribution in [1.29, 1.82) is 0 Å². The number of hydrogen-bond acceptors (Lipinski definition) is 4. The molecule has 2 rings (SSSR count). The quantitative estimate of drug-likeness (QED) is 0.710. The summed E-state index contributed by atoms with van der Waals surface area (Å²) in [6, 6.07) is 0.113. The maximum atomic E-state index is 12.5. The first-order chi connectivity index (χ1) is 8.03. The SMILES string of the molecule is CC1CN(C(=O)C2(N)CCOCC2)C(C)CO1. The van der Waals surface area contributed by atoms with Crippen LogP contribution >= 0.6 is 0 Å². The van der Waals surface area contributed by atoms with Gasteiger partial charge in [0, 0.05) is 19.8 Å². The van der Waals surface area contributed by atoms with E-state index in [1.165, 1.54) is 0 Å². The van der Waals surface area contributed by atoms with E-state index in [2.05, 4.69) is 0 Å². The second-order valence-corrected chi connectivity index (χ2v) is 5.22. The van der Waals surface area contributed by atoms with Crippen molar-refractivity contribution in [3.63, 3.8) is 0 Å². The molecule has 2 N–H and O–H groups in total. The number of nitrogens with two attached hydrogens (primary N) is 1. The second-order valence-electron chi connectivity index (χ2n) is 5.22. The Morgan fingerprint density at radius 3 is 2.65 bits per heavy atom. The number of nitrogens with zero attached hydrogens (tertiary/aromatic N) is 1. The van der Waals surface area contributed by atoms with Gasteiger partial charge in [-0.2, -0.15) is 0 Å². The number of ether oxygens (including phenoxy) is 2. The van der Waals surface area contributed by atoms with Crippen molar-refractivity contribution in [2.24, 2.45) is 5.73 Å². The molecule has 2 saturated heterocycles. The summed E-state index contributed by atoms with van der Waals surface area (Å²) in [5, 5.41) is 0. The molecule has 2 aliphatic heterocycles. The highest BCUT2D eigenvalue weighted by Crippen LogP contribution is 2.23. The number of carbonyl (C=O) groups is 1. The maximum absolute atomic E-state index is 12.5. The highest BCUT2D eigenvalue weighted by molar-refractivity contribution is 5.86. The summed E-state index contributed by atoms with van der Waals surface area (Å²) in [6.07, 6.45) is 1.33. The van der Waals surface area contributed by atoms with Crippen LogP contribution in [-0.2, 0) is 14.3 Å². The summed E-state index contributed by atoms with van der Waals surface area (Å²) in [7, 11) is 0. The van der Waals surface area contributed by atoms with E-state index in [4.69, 9.17) is 15.2 Å². The molecule has 0 aromatic rings. The van der Waals surface area contributed by atoms with Gasteiger partial charge in [-0.15, -0.1) is 0 Å². The van der Waals surface area contributed by atoms with Gasteiger partial charge < -0.3 is 20.1 Å². The largest absolute Gasteiger partial charge is 0.381 e. The minimum atomic E-state index is -0.733. The van der Waals surface area contributed by atoms with Crippen molar-refractivity contribution in [3.05, 3.63) is 0 Å². The summed E-state index contributed by atoms with van der Waals surface area (Å²) in [5.41, 5.74) is 5.50. The molecule has 5 heteroatoms. The molecule has 0 saturated carbocycles. The molecule has 0 radical (unpaired) electrons. The summed E-state index contributed by atoms with van der Waals surface area (Å²) >= 11 is 0. The predicted octanol–water partition coefficient (Wildman–Crippen LogP) is 0.130. The summed E-state index contributed by atoms with van der Waals surface area (Å²) in [6.45, 7) is 6.39. The first-order valence-corrected chi connectivity index (χ1v) is 6.32. The minimum absolute atomic E-state index is 0.0588. The van der Waals surface area contributed by atoms with Crippen LogP contribution in [0.4, 0.5) is 0 Å². The van der Waals surface area contributed by atoms with E-state index in [0.29, 0.717) is 39.2 Å². The van der Waals surface area contributed by atoms with E-state index in [1.54, 1.807) is 0 Å². The molecular weight excluding hydrogens is 220 g/mol. The monoisotopic (exact) mass is 242 g/mol. The molecule has 0 bridgehead atoms. The van der Waals surface area contributed by atoms with Crippen molar-refractivity contribution in [2.75, 3.05) is 26.4 Å². The molecule has 0 aromatic carbocycles. The Hall–Kier alpha value is -0.650. The molecule has 0 spiro atoms. The van der Waals surface area contributed by atoms with E-state index in [-0.39, 0.29) is 18.1 Å². The topological polar surface area (TPSA) is 64.8 Å². The third kappa shape index (κ3) is 2.61. The van der Waals surface area contributed by atoms with E-state index in [1.807, 2.05) is 18.7 Å². The van der Waals surface area contributed by atoms with Crippen LogP contribution in [0.5, 0.6) is 0 Å². The highest BCUT2D eigenvalue weighted by Gasteiger charge is 2.41. The number of hydrogen-bond donors (Lipinski definition) is 1. The molecule has 2 fully saturated rings. The number of morpholine rings is 1. The van der Waals surface area contributed by atoms with Crippen molar-refractivity contribution in [2.45, 2.75) is 44.4 Å². The molecule has 2 aliphatic rings. The fourth-order valence-corrected chi connectivity index (χ4v) is 2.42. The minimum Gasteiger partial charge on any atom is -0.381 e. The zero-order valence-electron chi connectivity index (χ0n) is 10.6. The van der Waals surface area contributed by atoms with Crippen molar-refractivity contribution >= 4 is 5.91 Å². The van der Waals surface area contributed by atoms with Gasteiger partial charge in [0.2, 0.25) is 5.91 Å². The van der Waals surface area contributed by atoms with Crippen LogP contribution in [0.3, 0.4) is 0 Å². The Bertz CT molecular complexity index is 289. The lowest BCUT2D eigenvalue weighted by molar-refractivity contribution is -0.152. The molecule has 5 nitrogen and oxygen atoms in total. The Kier molecular flexibility index (Phi) is 3.70. The Labute approximate surface area is 102 Å². The molecule has 2 heterocycles. The molecule has 0 aromatic heterocycles. The summed E-state index contributed by atoms with van der Waals surface area (Å²) in [5.74, 6) is 0.0588. The fourth-order valence-electron chi connectivity index (χ4n) is 2.42. The van der Waals surface area contributed by atoms with Gasteiger partial charge in [0.05, 0.1) is 24.3 Å². The first kappa shape index (κ1) is 12.8. The molecule has 98 valence electrons. The third-order valence-corrected chi connectivity index (χ3v) is 3.68. The van der Waals surface area contributed by atoms with Gasteiger partial charge >= 0.3 is 0 Å². The zero-order chi connectivity index (χ0) is 12.5. The maximum Gasteiger partial charge on any atom is 0.243 e. The average molecular weight is 242 g/mol. The van der Waals surface area contributed by atoms with Crippen LogP contribution in [0.2, 0.25) is 0 Å². The summed E-state index contributed by atoms with van der Waals surface area (Å²) in [4.78, 5) is 14.4. The number of rotatable bonds is 1. The van der Waals surface area contributed by atoms with Gasteiger partial charge in [0.25, 0.3) is 0 Å². The van der Waals surface area contributed by atoms with Crippen LogP contribution in [0.1, 0.15) is 26.7 Å². The number of carbonyl (C=O) groups excluding carboxylic acids is 1. The second kappa shape index (κ2) is 4.92. The van der Waals surface area contributed by atoms with Crippen molar-refractivity contribution in [1.82, 2.24) is 4.90 Å². The smallest absolute Gasteiger partial charge is 0.243 e. The van der Waals surface area contributed by atoms with Gasteiger partial charge in [0.1, 0.15) is 0 Å². The molecular formula is C12H22N2O3. The van der Waals surface area contributed by atoms with E-state index in [0.717, 1.165) is 0 Å². The van der Waals surface area contributed by atoms with Gasteiger partial charge in [-0.3, -0.25) is 4.79 Å². The van der Waals surface area contributed by atoms with Crippen molar-refractivity contribution in [3.8, 4) is 0 Å². The van der Waals surface area contributed by atoms with E-state index >= 15 is 0 Å². The van der Waals surface area contributed by atoms with Gasteiger partial charge in [-0.25, -0.2) is 0 Å². The lowest BCUT2D eigenvalue weighted by Crippen LogP contribution is -2.62. The number of amides is 1. The van der Waals surface area contributed by atoms with Crippen LogP contribution in [0.25, 0.3) is 0 Å². The first-order valence-electron chi connectivity index (χ1n) is 6.32. The molecule has 17 heavy (non-hydrogen) atoms. The molecule has 2 atom stereocenters. The Morgan fingerprint density at radius 1 is 1.35 bits per heavy atom. The highest BCUT2D eigenvalue weighted by atomic mass is 16.5. The molecule has 2 unspecified atom stereocenters. The van der Waals surface area contributed by atoms with E-state index in [9.17, 15) is 4.79 Å². The normalized spacial score (nSPS) is 33.5. The van der Waals surface area contributed by atoms with Crippen LogP contribution < -0.4 is 5.73 Å². The Balaban J connectivity index is 2.06. The third-order valence-electron chi connectivity index (χ3n) is 3.68. The van der Waals surface area contributed by atoms with Gasteiger partial charge in [-0.05, 0) is 26.7 Å². The lowest BCUT2D eigenvalue weighted by atomic mass is 9.89. The Morgan fingerprint density at radius 2 is 2.00 bits per heavy atom. The standard InChI is InChI=1S/C12H22N2O3/c1-9-8-17-10(2)7-14(9)11(15)12(13)3-5-16-6-4-12/h9-10H,3-8,13H2,1-2H3. The van der Waals surface area contributed by atoms with Crippen LogP contribution in [0, 0.1) is 0 Å². The summed E-state index contributed by atoms with van der Waals surface area (Å²) < 4.78 is 10.8. The molecule has 0 aliphatic carbocycles. The van der Waals surface area contributed by atoms with Crippen LogP contribution in [0.15, 0.2) is 0 Å². The van der Waals surface area contributed by atoms with Gasteiger partial charge in [0.15, 0.2) is 0 Å². The van der Waals surface area contributed by atoms with Crippen LogP contribution in [-0.4, -0.2) is 54.9 Å². The van der Waals surface area contributed by atoms with Crippen molar-refractivity contribution < 1.29 is 14.3 Å². The van der Waals surface area contributed by atoms with Gasteiger partial charge in [-0.1, -0.05) is 0 Å². The zero-order valence-corrected chi connectivity index (χ0v) is 10.6. The molecule has 1 amide bonds. The van der Waals surface area contributed by atoms with E-state index < -0.39 is 5.54 Å². The average Bonchev–Trinajstić information content (AvgIpc) is 2.32. The fraction of sp³-hybridized carbons (Fsp3) is 0.917.